The van der Waals surface area contributed by atoms with Gasteiger partial charge in [-0.15, -0.1) is 0 Å². The number of aromatic amines is 1. The number of hydrogen-bond acceptors (Lipinski definition) is 3. The summed E-state index contributed by atoms with van der Waals surface area (Å²) in [5.74, 6) is 0. The molecule has 4 nitrogen and oxygen atoms in total. The molecule has 0 amide bonds. The van der Waals surface area contributed by atoms with Crippen molar-refractivity contribution in [3.05, 3.63) is 18.3 Å². The van der Waals surface area contributed by atoms with Gasteiger partial charge in [0.15, 0.2) is 5.65 Å². The summed E-state index contributed by atoms with van der Waals surface area (Å²) in [7, 11) is 0. The highest BCUT2D eigenvalue weighted by Crippen LogP contribution is 2.11. The Balaban J connectivity index is 2.37. The van der Waals surface area contributed by atoms with Gasteiger partial charge in [0, 0.05) is 0 Å². The van der Waals surface area contributed by atoms with E-state index in [2.05, 4.69) is 26.9 Å². The number of nitrogens with one attached hydrogen (secondary N) is 1. The predicted octanol–water partition coefficient (Wildman–Crippen LogP) is 1.70. The van der Waals surface area contributed by atoms with Gasteiger partial charge in [0.25, 0.3) is 0 Å². The molecule has 0 fully saturated rings. The van der Waals surface area contributed by atoms with Crippen LogP contribution in [0.3, 0.4) is 0 Å². The van der Waals surface area contributed by atoms with Crippen LogP contribution in [0.4, 0.5) is 0 Å². The third-order valence-corrected chi connectivity index (χ3v) is 2.06. The van der Waals surface area contributed by atoms with Crippen molar-refractivity contribution in [1.29, 1.82) is 0 Å². The molecule has 0 atom stereocenters. The van der Waals surface area contributed by atoms with E-state index >= 15 is 0 Å². The van der Waals surface area contributed by atoms with Crippen LogP contribution in [0.25, 0.3) is 11.2 Å². The molecule has 0 aliphatic carbocycles. The minimum absolute atomic E-state index is 0.834. The van der Waals surface area contributed by atoms with E-state index in [1.165, 1.54) is 6.42 Å². The molecule has 0 spiro atoms. The first-order valence-electron chi connectivity index (χ1n) is 4.54. The lowest BCUT2D eigenvalue weighted by Gasteiger charge is -1.97. The highest BCUT2D eigenvalue weighted by Gasteiger charge is 2.04. The molecule has 4 heteroatoms. The van der Waals surface area contributed by atoms with Gasteiger partial charge >= 0.3 is 0 Å². The Labute approximate surface area is 76.4 Å². The first-order chi connectivity index (χ1) is 6.42. The van der Waals surface area contributed by atoms with Crippen LogP contribution < -0.4 is 0 Å². The van der Waals surface area contributed by atoms with E-state index in [1.54, 1.807) is 12.7 Å². The lowest BCUT2D eigenvalue weighted by Crippen LogP contribution is -1.93. The molecule has 13 heavy (non-hydrogen) atoms. The Kier molecular flexibility index (Phi) is 2.21. The van der Waals surface area contributed by atoms with Gasteiger partial charge in [0.05, 0.1) is 12.0 Å². The smallest absolute Gasteiger partial charge is 0.160 e. The summed E-state index contributed by atoms with van der Waals surface area (Å²) in [6, 6.07) is 0. The predicted molar refractivity (Wildman–Crippen MR) is 50.3 cm³/mol. The highest BCUT2D eigenvalue weighted by molar-refractivity contribution is 5.71. The van der Waals surface area contributed by atoms with Crippen molar-refractivity contribution in [1.82, 2.24) is 19.9 Å². The lowest BCUT2D eigenvalue weighted by molar-refractivity contribution is 0.778. The van der Waals surface area contributed by atoms with Gasteiger partial charge in [-0.05, 0) is 12.8 Å². The number of nitrogens with zero attached hydrogens (tertiary/aromatic N) is 3. The maximum absolute atomic E-state index is 4.22. The number of unbranched alkanes of at least 4 members (excludes halogenated alkanes) is 1. The molecule has 0 radical (unpaired) electrons. The molecule has 0 saturated carbocycles. The van der Waals surface area contributed by atoms with Gasteiger partial charge in [-0.25, -0.2) is 15.0 Å². The molecule has 2 aromatic heterocycles. The summed E-state index contributed by atoms with van der Waals surface area (Å²) < 4.78 is 0. The van der Waals surface area contributed by atoms with Crippen molar-refractivity contribution in [3.63, 3.8) is 0 Å². The van der Waals surface area contributed by atoms with E-state index in [4.69, 9.17) is 0 Å². The maximum atomic E-state index is 4.22. The standard InChI is InChI=1S/C9H12N4/c1-2-3-4-7-8-9(12-5-10-7)13-6-11-8/h5-6H,2-4H2,1H3,(H,10,11,12,13). The van der Waals surface area contributed by atoms with Crippen LogP contribution in [0, 0.1) is 0 Å². The second-order valence-electron chi connectivity index (χ2n) is 3.02. The van der Waals surface area contributed by atoms with Crippen LogP contribution in [0.15, 0.2) is 12.7 Å². The molecule has 0 aromatic carbocycles. The molecule has 2 aromatic rings. The zero-order valence-electron chi connectivity index (χ0n) is 7.62. The van der Waals surface area contributed by atoms with Gasteiger partial charge in [-0.1, -0.05) is 13.3 Å². The fourth-order valence-electron chi connectivity index (χ4n) is 1.34. The number of rotatable bonds is 3. The first kappa shape index (κ1) is 8.16. The minimum Gasteiger partial charge on any atom is -0.329 e. The van der Waals surface area contributed by atoms with Crippen molar-refractivity contribution in [2.45, 2.75) is 26.2 Å². The normalized spacial score (nSPS) is 10.8. The number of H-pyrrole nitrogens is 1. The van der Waals surface area contributed by atoms with Crippen LogP contribution >= 0.6 is 0 Å². The summed E-state index contributed by atoms with van der Waals surface area (Å²) in [6.07, 6.45) is 6.57. The average molecular weight is 176 g/mol. The number of aromatic nitrogens is 4. The lowest BCUT2D eigenvalue weighted by atomic mass is 10.2. The summed E-state index contributed by atoms with van der Waals surface area (Å²) in [5, 5.41) is 0. The molecule has 0 aliphatic rings. The molecule has 0 saturated heterocycles. The van der Waals surface area contributed by atoms with Crippen LogP contribution in [0.5, 0.6) is 0 Å². The van der Waals surface area contributed by atoms with Crippen LogP contribution in [-0.2, 0) is 6.42 Å². The van der Waals surface area contributed by atoms with Crippen molar-refractivity contribution in [2.24, 2.45) is 0 Å². The van der Waals surface area contributed by atoms with E-state index in [0.717, 1.165) is 29.7 Å². The van der Waals surface area contributed by atoms with E-state index in [-0.39, 0.29) is 0 Å². The SMILES string of the molecule is CCCCc1ncnc2[nH]cnc12. The molecule has 0 bridgehead atoms. The minimum atomic E-state index is 0.834. The molecule has 2 heterocycles. The quantitative estimate of drug-likeness (QED) is 0.774. The van der Waals surface area contributed by atoms with Crippen molar-refractivity contribution < 1.29 is 0 Å². The molecule has 0 unspecified atom stereocenters. The zero-order chi connectivity index (χ0) is 9.10. The van der Waals surface area contributed by atoms with Gasteiger partial charge in [-0.3, -0.25) is 0 Å². The maximum Gasteiger partial charge on any atom is 0.160 e. The molecule has 2 rings (SSSR count). The van der Waals surface area contributed by atoms with Crippen molar-refractivity contribution in [2.75, 3.05) is 0 Å². The average Bonchev–Trinajstić information content (AvgIpc) is 2.62. The van der Waals surface area contributed by atoms with Crippen LogP contribution in [0.2, 0.25) is 0 Å². The Morgan fingerprint density at radius 3 is 3.08 bits per heavy atom. The molecule has 1 N–H and O–H groups in total. The largest absolute Gasteiger partial charge is 0.329 e. The fraction of sp³-hybridized carbons (Fsp3) is 0.444. The fourth-order valence-corrected chi connectivity index (χ4v) is 1.34. The van der Waals surface area contributed by atoms with Crippen molar-refractivity contribution in [3.8, 4) is 0 Å². The number of hydrogen-bond donors (Lipinski definition) is 1. The third kappa shape index (κ3) is 1.52. The Hall–Kier alpha value is -1.45. The zero-order valence-corrected chi connectivity index (χ0v) is 7.62. The highest BCUT2D eigenvalue weighted by atomic mass is 15.0. The number of imidazole rings is 1. The van der Waals surface area contributed by atoms with E-state index in [9.17, 15) is 0 Å². The Bertz CT molecular complexity index is 393. The summed E-state index contributed by atoms with van der Waals surface area (Å²) >= 11 is 0. The number of aryl methyl sites for hydroxylation is 1. The van der Waals surface area contributed by atoms with E-state index in [1.807, 2.05) is 0 Å². The van der Waals surface area contributed by atoms with Gasteiger partial charge in [0.2, 0.25) is 0 Å². The van der Waals surface area contributed by atoms with E-state index < -0.39 is 0 Å². The molecule has 0 aliphatic heterocycles. The van der Waals surface area contributed by atoms with E-state index in [0.29, 0.717) is 0 Å². The van der Waals surface area contributed by atoms with Gasteiger partial charge in [0.1, 0.15) is 11.8 Å². The molecular formula is C9H12N4. The van der Waals surface area contributed by atoms with Gasteiger partial charge in [-0.2, -0.15) is 0 Å². The monoisotopic (exact) mass is 176 g/mol. The van der Waals surface area contributed by atoms with Gasteiger partial charge < -0.3 is 4.98 Å². The van der Waals surface area contributed by atoms with Crippen molar-refractivity contribution >= 4 is 11.2 Å². The molecular weight excluding hydrogens is 164 g/mol. The second-order valence-corrected chi connectivity index (χ2v) is 3.02. The Morgan fingerprint density at radius 2 is 2.23 bits per heavy atom. The van der Waals surface area contributed by atoms with Crippen LogP contribution in [0.1, 0.15) is 25.5 Å². The number of fused-ring (bicyclic) bond motifs is 1. The first-order valence-corrected chi connectivity index (χ1v) is 4.54. The summed E-state index contributed by atoms with van der Waals surface area (Å²) in [6.45, 7) is 2.17. The third-order valence-electron chi connectivity index (χ3n) is 2.06. The summed E-state index contributed by atoms with van der Waals surface area (Å²) in [4.78, 5) is 15.5. The molecule has 68 valence electrons. The second kappa shape index (κ2) is 3.51. The van der Waals surface area contributed by atoms with Crippen LogP contribution in [-0.4, -0.2) is 19.9 Å². The Morgan fingerprint density at radius 1 is 1.31 bits per heavy atom. The topological polar surface area (TPSA) is 54.5 Å². The summed E-state index contributed by atoms with van der Waals surface area (Å²) in [5.41, 5.74) is 2.80.